The van der Waals surface area contributed by atoms with E-state index in [-0.39, 0.29) is 11.8 Å². The third kappa shape index (κ3) is 5.85. The molecule has 0 spiro atoms. The second kappa shape index (κ2) is 13.1. The summed E-state index contributed by atoms with van der Waals surface area (Å²) in [7, 11) is 0. The number of rotatable bonds is 13. The number of hydrogen-bond donors (Lipinski definition) is 4. The average molecular weight is 720 g/mol. The number of amides is 4. The number of nitrogens with one attached hydrogen (secondary N) is 4. The maximum Gasteiger partial charge on any atom is 0.265 e. The highest BCUT2D eigenvalue weighted by Crippen LogP contribution is 2.37. The highest BCUT2D eigenvalue weighted by atomic mass is 79.9. The van der Waals surface area contributed by atoms with Gasteiger partial charge in [0, 0.05) is 44.3 Å². The molecule has 2 aromatic heterocycles. The molecule has 8 nitrogen and oxygen atoms in total. The molecule has 0 atom stereocenters. The highest BCUT2D eigenvalue weighted by molar-refractivity contribution is 9.12. The number of unbranched alkanes of at least 4 members (excludes halogenated alkanes) is 7. The van der Waals surface area contributed by atoms with Crippen molar-refractivity contribution in [1.82, 2.24) is 20.6 Å². The van der Waals surface area contributed by atoms with Crippen LogP contribution in [0.3, 0.4) is 0 Å². The monoisotopic (exact) mass is 718 g/mol. The number of hydrogen-bond acceptors (Lipinski definition) is 4. The molecule has 2 aliphatic heterocycles. The maximum absolute atomic E-state index is 12.6. The molecule has 2 aliphatic rings. The molecular weight excluding hydrogens is 688 g/mol. The van der Waals surface area contributed by atoms with E-state index < -0.39 is 11.8 Å². The fourth-order valence-corrected chi connectivity index (χ4v) is 7.27. The average Bonchev–Trinajstić information content (AvgIpc) is 3.70. The van der Waals surface area contributed by atoms with Gasteiger partial charge < -0.3 is 9.97 Å². The van der Waals surface area contributed by atoms with Gasteiger partial charge >= 0.3 is 0 Å². The zero-order valence-electron chi connectivity index (χ0n) is 24.1. The Morgan fingerprint density at radius 1 is 0.477 bits per heavy atom. The predicted molar refractivity (Wildman–Crippen MR) is 179 cm³/mol. The van der Waals surface area contributed by atoms with E-state index in [2.05, 4.69) is 52.5 Å². The molecule has 0 radical (unpaired) electrons. The summed E-state index contributed by atoms with van der Waals surface area (Å²) in [5.41, 5.74) is 6.35. The first-order valence-corrected chi connectivity index (χ1v) is 16.6. The summed E-state index contributed by atoms with van der Waals surface area (Å²) in [6.45, 7) is 0. The van der Waals surface area contributed by atoms with Crippen LogP contribution in [0, 0.1) is 0 Å². The lowest BCUT2D eigenvalue weighted by atomic mass is 9.98. The zero-order chi connectivity index (χ0) is 30.8. The van der Waals surface area contributed by atoms with Crippen LogP contribution in [-0.4, -0.2) is 33.6 Å². The van der Waals surface area contributed by atoms with Crippen LogP contribution < -0.4 is 10.6 Å². The van der Waals surface area contributed by atoms with Crippen molar-refractivity contribution in [2.75, 3.05) is 0 Å². The Hall–Kier alpha value is -3.76. The molecule has 10 heteroatoms. The first-order valence-electron chi connectivity index (χ1n) is 15.1. The summed E-state index contributed by atoms with van der Waals surface area (Å²) in [6, 6.07) is 15.8. The van der Waals surface area contributed by atoms with Gasteiger partial charge in [-0.25, -0.2) is 0 Å². The number of carbonyl (C=O) groups is 4. The van der Waals surface area contributed by atoms with Crippen molar-refractivity contribution >= 4 is 88.4 Å². The first kappa shape index (κ1) is 30.3. The fourth-order valence-electron chi connectivity index (χ4n) is 6.32. The standard InChI is InChI=1S/C34H32Br2N4O4/c35-29-27(31(41)39-33(29)43)25-19-13-9-11-15-21(19)37-23(25)17-7-5-3-1-2-4-6-8-18-24-26(20-14-10-12-16-22(20)38-24)28-30(36)34(44)40-32(28)42/h9-16,37-38H,1-8,17-18H2,(H,39,41,43)(H,40,42,44). The van der Waals surface area contributed by atoms with Gasteiger partial charge in [-0.1, -0.05) is 74.9 Å². The molecule has 0 saturated heterocycles. The molecule has 44 heavy (non-hydrogen) atoms. The summed E-state index contributed by atoms with van der Waals surface area (Å²) in [5, 5.41) is 6.68. The molecule has 0 fully saturated rings. The minimum absolute atomic E-state index is 0.290. The quantitative estimate of drug-likeness (QED) is 0.0871. The summed E-state index contributed by atoms with van der Waals surface area (Å²) in [6.07, 6.45) is 10.4. The van der Waals surface area contributed by atoms with Gasteiger partial charge in [-0.15, -0.1) is 0 Å². The molecule has 2 aromatic carbocycles. The Morgan fingerprint density at radius 3 is 1.20 bits per heavy atom. The molecule has 0 unspecified atom stereocenters. The maximum atomic E-state index is 12.6. The second-order valence-electron chi connectivity index (χ2n) is 11.3. The van der Waals surface area contributed by atoms with Gasteiger partial charge in [-0.3, -0.25) is 29.8 Å². The van der Waals surface area contributed by atoms with Crippen molar-refractivity contribution in [1.29, 1.82) is 0 Å². The van der Waals surface area contributed by atoms with Crippen molar-refractivity contribution in [2.24, 2.45) is 0 Å². The van der Waals surface area contributed by atoms with Crippen LogP contribution in [-0.2, 0) is 32.0 Å². The van der Waals surface area contributed by atoms with Crippen molar-refractivity contribution in [3.05, 3.63) is 80.0 Å². The number of benzene rings is 2. The van der Waals surface area contributed by atoms with Crippen LogP contribution in [0.15, 0.2) is 57.5 Å². The summed E-state index contributed by atoms with van der Waals surface area (Å²) in [4.78, 5) is 56.3. The molecule has 6 rings (SSSR count). The Morgan fingerprint density at radius 2 is 0.841 bits per heavy atom. The van der Waals surface area contributed by atoms with E-state index in [0.717, 1.165) is 109 Å². The Bertz CT molecular complexity index is 1740. The van der Waals surface area contributed by atoms with Crippen LogP contribution >= 0.6 is 31.9 Å². The summed E-state index contributed by atoms with van der Waals surface area (Å²) >= 11 is 6.65. The van der Waals surface area contributed by atoms with Crippen molar-refractivity contribution in [3.8, 4) is 0 Å². The number of aryl methyl sites for hydroxylation is 2. The molecule has 4 amide bonds. The first-order chi connectivity index (χ1) is 21.3. The van der Waals surface area contributed by atoms with E-state index in [1.807, 2.05) is 48.5 Å². The molecule has 4 heterocycles. The molecular formula is C34H32Br2N4O4. The number of aromatic amines is 2. The lowest BCUT2D eigenvalue weighted by Crippen LogP contribution is -2.22. The number of para-hydroxylation sites is 2. The van der Waals surface area contributed by atoms with Crippen LogP contribution in [0.25, 0.3) is 33.0 Å². The van der Waals surface area contributed by atoms with E-state index in [1.54, 1.807) is 0 Å². The van der Waals surface area contributed by atoms with Gasteiger partial charge in [-0.05, 0) is 69.7 Å². The van der Waals surface area contributed by atoms with E-state index in [4.69, 9.17) is 0 Å². The number of halogens is 2. The minimum Gasteiger partial charge on any atom is -0.358 e. The van der Waals surface area contributed by atoms with E-state index in [9.17, 15) is 19.2 Å². The number of imide groups is 2. The molecule has 4 N–H and O–H groups in total. The third-order valence-electron chi connectivity index (χ3n) is 8.42. The predicted octanol–water partition coefficient (Wildman–Crippen LogP) is 7.08. The van der Waals surface area contributed by atoms with Gasteiger partial charge in [0.15, 0.2) is 0 Å². The second-order valence-corrected chi connectivity index (χ2v) is 12.9. The third-order valence-corrected chi connectivity index (χ3v) is 9.93. The Kier molecular flexibility index (Phi) is 9.00. The van der Waals surface area contributed by atoms with E-state index in [0.29, 0.717) is 20.1 Å². The SMILES string of the molecule is O=C1NC(=O)C(c2c(CCCCCCCCCCc3[nH]c4ccccc4c3C3=C(Br)C(=O)NC3=O)[nH]c3ccccc23)=C1Br. The number of carbonyl (C=O) groups excluding carboxylic acids is 4. The van der Waals surface area contributed by atoms with Gasteiger partial charge in [0.25, 0.3) is 23.6 Å². The van der Waals surface area contributed by atoms with Crippen LogP contribution in [0.5, 0.6) is 0 Å². The molecule has 0 bridgehead atoms. The summed E-state index contributed by atoms with van der Waals surface area (Å²) < 4.78 is 0.580. The van der Waals surface area contributed by atoms with Gasteiger partial charge in [0.2, 0.25) is 0 Å². The number of fused-ring (bicyclic) bond motifs is 2. The van der Waals surface area contributed by atoms with E-state index >= 15 is 0 Å². The van der Waals surface area contributed by atoms with Crippen molar-refractivity contribution in [3.63, 3.8) is 0 Å². The van der Waals surface area contributed by atoms with Crippen molar-refractivity contribution in [2.45, 2.75) is 64.2 Å². The van der Waals surface area contributed by atoms with E-state index in [1.165, 1.54) is 0 Å². The number of aromatic nitrogens is 2. The normalized spacial score (nSPS) is 15.4. The molecule has 4 aromatic rings. The lowest BCUT2D eigenvalue weighted by molar-refractivity contribution is -0.124. The molecule has 0 saturated carbocycles. The van der Waals surface area contributed by atoms with Gasteiger partial charge in [0.1, 0.15) is 0 Å². The molecule has 0 aliphatic carbocycles. The largest absolute Gasteiger partial charge is 0.358 e. The topological polar surface area (TPSA) is 124 Å². The molecule has 226 valence electrons. The smallest absolute Gasteiger partial charge is 0.265 e. The number of H-pyrrole nitrogens is 2. The van der Waals surface area contributed by atoms with Crippen LogP contribution in [0.1, 0.15) is 73.9 Å². The van der Waals surface area contributed by atoms with Crippen LogP contribution in [0.4, 0.5) is 0 Å². The van der Waals surface area contributed by atoms with Gasteiger partial charge in [-0.2, -0.15) is 0 Å². The van der Waals surface area contributed by atoms with Gasteiger partial charge in [0.05, 0.1) is 20.1 Å². The minimum atomic E-state index is -0.397. The van der Waals surface area contributed by atoms with Crippen molar-refractivity contribution < 1.29 is 19.2 Å². The lowest BCUT2D eigenvalue weighted by Gasteiger charge is -2.07. The highest BCUT2D eigenvalue weighted by Gasteiger charge is 2.34. The fraction of sp³-hybridized carbons (Fsp3) is 0.294. The Balaban J connectivity index is 0.979. The zero-order valence-corrected chi connectivity index (χ0v) is 27.3. The van der Waals surface area contributed by atoms with Crippen LogP contribution in [0.2, 0.25) is 0 Å². The Labute approximate surface area is 271 Å². The summed E-state index contributed by atoms with van der Waals surface area (Å²) in [5.74, 6) is -1.52.